The van der Waals surface area contributed by atoms with Crippen molar-refractivity contribution in [1.29, 1.82) is 0 Å². The Labute approximate surface area is 75.4 Å². The van der Waals surface area contributed by atoms with Gasteiger partial charge in [-0.1, -0.05) is 13.3 Å². The number of rotatable bonds is 2. The van der Waals surface area contributed by atoms with E-state index in [4.69, 9.17) is 0 Å². The Bertz CT molecular complexity index is 168. The Hall–Kier alpha value is -0.820. The van der Waals surface area contributed by atoms with Crippen molar-refractivity contribution in [3.63, 3.8) is 0 Å². The first-order valence-corrected chi connectivity index (χ1v) is 4.29. The SMILES string of the molecule is CCOC.CCc1[c-]cccc1. The second kappa shape index (κ2) is 8.28. The Balaban J connectivity index is 0.000000261. The van der Waals surface area contributed by atoms with Gasteiger partial charge in [0.2, 0.25) is 0 Å². The molecule has 1 heteroatoms. The second-order valence-corrected chi connectivity index (χ2v) is 2.32. The first kappa shape index (κ1) is 11.2. The summed E-state index contributed by atoms with van der Waals surface area (Å²) in [6.45, 7) is 4.91. The molecule has 0 N–H and O–H groups in total. The normalized spacial score (nSPS) is 8.58. The number of hydrogen-bond donors (Lipinski definition) is 0. The molecule has 1 nitrogen and oxygen atoms in total. The highest BCUT2D eigenvalue weighted by Crippen LogP contribution is 1.95. The van der Waals surface area contributed by atoms with Crippen LogP contribution in [0.15, 0.2) is 24.3 Å². The number of aryl methyl sites for hydroxylation is 1. The maximum Gasteiger partial charge on any atom is 0.0433 e. The average molecular weight is 165 g/mol. The molecule has 0 bridgehead atoms. The third-order valence-electron chi connectivity index (χ3n) is 1.44. The van der Waals surface area contributed by atoms with Gasteiger partial charge in [0.1, 0.15) is 0 Å². The molecule has 68 valence electrons. The Morgan fingerprint density at radius 3 is 2.25 bits per heavy atom. The molecule has 0 amide bonds. The molecule has 12 heavy (non-hydrogen) atoms. The summed E-state index contributed by atoms with van der Waals surface area (Å²) in [6, 6.07) is 11.2. The maximum absolute atomic E-state index is 4.54. The molecule has 0 aliphatic rings. The van der Waals surface area contributed by atoms with Crippen molar-refractivity contribution in [3.05, 3.63) is 35.9 Å². The van der Waals surface area contributed by atoms with Gasteiger partial charge in [0.15, 0.2) is 0 Å². The molecule has 1 aromatic carbocycles. The minimum absolute atomic E-state index is 0.819. The van der Waals surface area contributed by atoms with Crippen LogP contribution in [-0.4, -0.2) is 13.7 Å². The lowest BCUT2D eigenvalue weighted by atomic mass is 10.2. The molecular weight excluding hydrogens is 148 g/mol. The number of ether oxygens (including phenoxy) is 1. The molecule has 0 fully saturated rings. The molecule has 0 unspecified atom stereocenters. The van der Waals surface area contributed by atoms with Crippen molar-refractivity contribution in [3.8, 4) is 0 Å². The van der Waals surface area contributed by atoms with Crippen LogP contribution < -0.4 is 0 Å². The fourth-order valence-corrected chi connectivity index (χ4v) is 0.650. The molecule has 0 atom stereocenters. The van der Waals surface area contributed by atoms with Crippen LogP contribution in [0.3, 0.4) is 0 Å². The molecule has 0 aliphatic heterocycles. The predicted molar refractivity (Wildman–Crippen MR) is 52.2 cm³/mol. The van der Waals surface area contributed by atoms with Crippen molar-refractivity contribution >= 4 is 0 Å². The van der Waals surface area contributed by atoms with Gasteiger partial charge in [0, 0.05) is 13.7 Å². The zero-order chi connectivity index (χ0) is 9.23. The summed E-state index contributed by atoms with van der Waals surface area (Å²) in [4.78, 5) is 0. The summed E-state index contributed by atoms with van der Waals surface area (Å²) in [7, 11) is 1.68. The van der Waals surface area contributed by atoms with E-state index in [2.05, 4.69) is 23.8 Å². The molecule has 0 saturated heterocycles. The van der Waals surface area contributed by atoms with Crippen molar-refractivity contribution in [2.75, 3.05) is 13.7 Å². The Kier molecular flexibility index (Phi) is 7.71. The van der Waals surface area contributed by atoms with Gasteiger partial charge in [-0.3, -0.25) is 0 Å². The average Bonchev–Trinajstić information content (AvgIpc) is 2.19. The summed E-state index contributed by atoms with van der Waals surface area (Å²) in [6.07, 6.45) is 1.08. The Morgan fingerprint density at radius 2 is 2.00 bits per heavy atom. The fraction of sp³-hybridized carbons (Fsp3) is 0.455. The van der Waals surface area contributed by atoms with Gasteiger partial charge in [-0.15, -0.1) is 0 Å². The molecule has 0 heterocycles. The summed E-state index contributed by atoms with van der Waals surface area (Å²) >= 11 is 0. The molecular formula is C11H17O-. The quantitative estimate of drug-likeness (QED) is 0.612. The third-order valence-corrected chi connectivity index (χ3v) is 1.44. The van der Waals surface area contributed by atoms with Crippen molar-refractivity contribution in [2.45, 2.75) is 20.3 Å². The van der Waals surface area contributed by atoms with Crippen molar-refractivity contribution in [2.24, 2.45) is 0 Å². The lowest BCUT2D eigenvalue weighted by molar-refractivity contribution is 0.215. The van der Waals surface area contributed by atoms with Gasteiger partial charge >= 0.3 is 0 Å². The van der Waals surface area contributed by atoms with Crippen LogP contribution in [0, 0.1) is 6.07 Å². The minimum Gasteiger partial charge on any atom is -0.385 e. The summed E-state index contributed by atoms with van der Waals surface area (Å²) in [5.74, 6) is 0. The number of methoxy groups -OCH3 is 1. The first-order valence-electron chi connectivity index (χ1n) is 4.29. The molecule has 1 aromatic rings. The van der Waals surface area contributed by atoms with Gasteiger partial charge in [-0.05, 0) is 6.92 Å². The molecule has 0 aliphatic carbocycles. The van der Waals surface area contributed by atoms with E-state index >= 15 is 0 Å². The number of hydrogen-bond acceptors (Lipinski definition) is 1. The molecule has 0 aromatic heterocycles. The van der Waals surface area contributed by atoms with Crippen LogP contribution in [0.5, 0.6) is 0 Å². The van der Waals surface area contributed by atoms with E-state index in [0.717, 1.165) is 13.0 Å². The van der Waals surface area contributed by atoms with Crippen LogP contribution in [0.4, 0.5) is 0 Å². The molecule has 1 rings (SSSR count). The second-order valence-electron chi connectivity index (χ2n) is 2.32. The zero-order valence-corrected chi connectivity index (χ0v) is 8.13. The van der Waals surface area contributed by atoms with Gasteiger partial charge in [0.25, 0.3) is 0 Å². The van der Waals surface area contributed by atoms with Gasteiger partial charge in [0.05, 0.1) is 0 Å². The zero-order valence-electron chi connectivity index (χ0n) is 8.13. The van der Waals surface area contributed by atoms with E-state index in [0.29, 0.717) is 0 Å². The van der Waals surface area contributed by atoms with E-state index in [1.807, 2.05) is 25.1 Å². The Morgan fingerprint density at radius 1 is 1.33 bits per heavy atom. The van der Waals surface area contributed by atoms with Crippen LogP contribution in [0.2, 0.25) is 0 Å². The topological polar surface area (TPSA) is 9.23 Å². The predicted octanol–water partition coefficient (Wildman–Crippen LogP) is 2.70. The third kappa shape index (κ3) is 5.93. The monoisotopic (exact) mass is 165 g/mol. The van der Waals surface area contributed by atoms with Crippen LogP contribution in [0.1, 0.15) is 19.4 Å². The highest BCUT2D eigenvalue weighted by atomic mass is 16.5. The van der Waals surface area contributed by atoms with Gasteiger partial charge < -0.3 is 4.74 Å². The van der Waals surface area contributed by atoms with Crippen LogP contribution >= 0.6 is 0 Å². The highest BCUT2D eigenvalue weighted by Gasteiger charge is 1.71. The van der Waals surface area contributed by atoms with E-state index in [-0.39, 0.29) is 0 Å². The standard InChI is InChI=1S/C8H9.C3H8O/c1-2-8-6-4-3-5-7-8;1-3-4-2/h3-6H,2H2,1H3;3H2,1-2H3/q-1;. The molecule has 0 saturated carbocycles. The lowest BCUT2D eigenvalue weighted by Gasteiger charge is -1.99. The summed E-state index contributed by atoms with van der Waals surface area (Å²) in [5, 5.41) is 0. The van der Waals surface area contributed by atoms with Crippen LogP contribution in [0.25, 0.3) is 0 Å². The summed E-state index contributed by atoms with van der Waals surface area (Å²) in [5.41, 5.74) is 1.28. The van der Waals surface area contributed by atoms with Crippen molar-refractivity contribution < 1.29 is 4.74 Å². The smallest absolute Gasteiger partial charge is 0.0433 e. The van der Waals surface area contributed by atoms with E-state index in [1.54, 1.807) is 7.11 Å². The largest absolute Gasteiger partial charge is 0.385 e. The molecule has 0 radical (unpaired) electrons. The van der Waals surface area contributed by atoms with Gasteiger partial charge in [-0.2, -0.15) is 35.9 Å². The van der Waals surface area contributed by atoms with Crippen LogP contribution in [-0.2, 0) is 11.2 Å². The maximum atomic E-state index is 4.54. The summed E-state index contributed by atoms with van der Waals surface area (Å²) < 4.78 is 4.54. The lowest BCUT2D eigenvalue weighted by Crippen LogP contribution is -1.74. The van der Waals surface area contributed by atoms with E-state index in [9.17, 15) is 0 Å². The minimum atomic E-state index is 0.819. The first-order chi connectivity index (χ1) is 5.85. The highest BCUT2D eigenvalue weighted by molar-refractivity contribution is 5.12. The fourth-order valence-electron chi connectivity index (χ4n) is 0.650. The van der Waals surface area contributed by atoms with E-state index in [1.165, 1.54) is 5.56 Å². The van der Waals surface area contributed by atoms with E-state index < -0.39 is 0 Å². The van der Waals surface area contributed by atoms with Crippen molar-refractivity contribution in [1.82, 2.24) is 0 Å². The molecule has 0 spiro atoms. The number of benzene rings is 1. The van der Waals surface area contributed by atoms with Gasteiger partial charge in [-0.25, -0.2) is 0 Å².